The Morgan fingerprint density at radius 2 is 1.97 bits per heavy atom. The van der Waals surface area contributed by atoms with Gasteiger partial charge in [-0.15, -0.1) is 0 Å². The Morgan fingerprint density at radius 1 is 1.11 bits per heavy atom. The Labute approximate surface area is 207 Å². The van der Waals surface area contributed by atoms with Crippen molar-refractivity contribution in [3.8, 4) is 17.2 Å². The highest BCUT2D eigenvalue weighted by Gasteiger charge is 2.33. The number of nitrogens with zero attached hydrogens (tertiary/aromatic N) is 3. The zero-order valence-electron chi connectivity index (χ0n) is 20.6. The molecule has 1 aliphatic rings. The van der Waals surface area contributed by atoms with Gasteiger partial charge in [-0.2, -0.15) is 5.10 Å². The molecule has 0 spiro atoms. The molecule has 35 heavy (non-hydrogen) atoms. The van der Waals surface area contributed by atoms with Gasteiger partial charge in [0.05, 0.1) is 26.9 Å². The van der Waals surface area contributed by atoms with Gasteiger partial charge in [-0.05, 0) is 42.8 Å². The first-order valence-corrected chi connectivity index (χ1v) is 12.0. The monoisotopic (exact) mass is 481 g/mol. The molecule has 1 unspecified atom stereocenters. The maximum absolute atomic E-state index is 11.2. The Kier molecular flexibility index (Phi) is 8.63. The molecule has 0 bridgehead atoms. The van der Waals surface area contributed by atoms with Crippen LogP contribution in [0.4, 0.5) is 0 Å². The minimum absolute atomic E-state index is 0.166. The molecule has 8 nitrogen and oxygen atoms in total. The number of rotatable bonds is 11. The largest absolute Gasteiger partial charge is 0.493 e. The molecule has 3 aromatic rings. The average molecular weight is 482 g/mol. The van der Waals surface area contributed by atoms with Gasteiger partial charge < -0.3 is 24.1 Å². The summed E-state index contributed by atoms with van der Waals surface area (Å²) in [4.78, 5) is 2.19. The van der Waals surface area contributed by atoms with Crippen LogP contribution in [0.5, 0.6) is 17.2 Å². The van der Waals surface area contributed by atoms with Crippen LogP contribution in [-0.2, 0) is 17.8 Å². The molecule has 1 saturated heterocycles. The molecule has 8 heteroatoms. The Hall–Kier alpha value is -3.07. The molecule has 1 atom stereocenters. The summed E-state index contributed by atoms with van der Waals surface area (Å²) in [6.45, 7) is 6.18. The van der Waals surface area contributed by atoms with Crippen molar-refractivity contribution in [1.29, 1.82) is 0 Å². The maximum Gasteiger partial charge on any atom is 0.161 e. The second kappa shape index (κ2) is 12.1. The number of β-amino-alcohol motifs (C(OH)–C–C–N with tert-alkyl or cyclic N) is 1. The highest BCUT2D eigenvalue weighted by Crippen LogP contribution is 2.29. The zero-order chi connectivity index (χ0) is 24.5. The fourth-order valence-electron chi connectivity index (χ4n) is 4.10. The van der Waals surface area contributed by atoms with Crippen molar-refractivity contribution in [2.75, 3.05) is 46.6 Å². The molecule has 2 heterocycles. The number of aliphatic hydroxyl groups is 1. The minimum atomic E-state index is -1.10. The number of methoxy groups -OCH3 is 1. The smallest absolute Gasteiger partial charge is 0.161 e. The number of ether oxygens (including phenoxy) is 4. The molecule has 1 aliphatic heterocycles. The van der Waals surface area contributed by atoms with E-state index in [0.717, 1.165) is 36.6 Å². The van der Waals surface area contributed by atoms with Gasteiger partial charge in [-0.1, -0.05) is 23.8 Å². The van der Waals surface area contributed by atoms with Crippen molar-refractivity contribution in [2.24, 2.45) is 0 Å². The SMILES string of the molecule is COc1ccc(CN2CCOCC(O)(COc3ccc(C)cc3)C2)cc1OCCCn1cccn1. The van der Waals surface area contributed by atoms with Gasteiger partial charge in [0, 0.05) is 45.0 Å². The molecule has 188 valence electrons. The number of hydrogen-bond acceptors (Lipinski definition) is 7. The van der Waals surface area contributed by atoms with E-state index < -0.39 is 5.60 Å². The lowest BCUT2D eigenvalue weighted by Crippen LogP contribution is -2.48. The van der Waals surface area contributed by atoms with E-state index in [0.29, 0.717) is 32.1 Å². The van der Waals surface area contributed by atoms with Gasteiger partial charge in [0.15, 0.2) is 11.5 Å². The van der Waals surface area contributed by atoms with E-state index in [1.54, 1.807) is 13.3 Å². The maximum atomic E-state index is 11.2. The second-order valence-corrected chi connectivity index (χ2v) is 9.05. The van der Waals surface area contributed by atoms with Crippen LogP contribution in [0, 0.1) is 6.92 Å². The number of aryl methyl sites for hydroxylation is 2. The number of benzene rings is 2. The van der Waals surface area contributed by atoms with Gasteiger partial charge in [-0.25, -0.2) is 0 Å². The predicted molar refractivity (Wildman–Crippen MR) is 133 cm³/mol. The highest BCUT2D eigenvalue weighted by atomic mass is 16.5. The van der Waals surface area contributed by atoms with E-state index in [1.165, 1.54) is 5.56 Å². The number of hydrogen-bond donors (Lipinski definition) is 1. The standard InChI is InChI=1S/C27H35N3O5/c1-22-5-8-24(9-6-22)35-21-27(31)19-29(14-16-33-20-27)18-23-7-10-25(32-2)26(17-23)34-15-4-13-30-12-3-11-28-30/h3,5-12,17,31H,4,13-16,18-21H2,1-2H3. The number of aromatic nitrogens is 2. The van der Waals surface area contributed by atoms with Crippen LogP contribution in [-0.4, -0.2) is 72.0 Å². The fourth-order valence-corrected chi connectivity index (χ4v) is 4.10. The summed E-state index contributed by atoms with van der Waals surface area (Å²) in [6, 6.07) is 15.7. The van der Waals surface area contributed by atoms with Crippen molar-refractivity contribution >= 4 is 0 Å². The van der Waals surface area contributed by atoms with E-state index in [1.807, 2.05) is 66.3 Å². The lowest BCUT2D eigenvalue weighted by atomic mass is 10.1. The van der Waals surface area contributed by atoms with Crippen molar-refractivity contribution in [3.05, 3.63) is 72.1 Å². The molecule has 1 fully saturated rings. The first-order chi connectivity index (χ1) is 17.0. The zero-order valence-corrected chi connectivity index (χ0v) is 20.6. The van der Waals surface area contributed by atoms with Crippen molar-refractivity contribution in [3.63, 3.8) is 0 Å². The molecule has 0 saturated carbocycles. The van der Waals surface area contributed by atoms with E-state index >= 15 is 0 Å². The molecule has 4 rings (SSSR count). The average Bonchev–Trinajstić information content (AvgIpc) is 3.31. The van der Waals surface area contributed by atoms with Gasteiger partial charge in [-0.3, -0.25) is 9.58 Å². The molecular weight excluding hydrogens is 446 g/mol. The summed E-state index contributed by atoms with van der Waals surface area (Å²) in [5, 5.41) is 15.4. The third-order valence-electron chi connectivity index (χ3n) is 5.95. The molecule has 0 amide bonds. The van der Waals surface area contributed by atoms with Crippen LogP contribution in [0.15, 0.2) is 60.9 Å². The molecular formula is C27H35N3O5. The van der Waals surface area contributed by atoms with Crippen LogP contribution >= 0.6 is 0 Å². The first kappa shape index (κ1) is 25.0. The lowest BCUT2D eigenvalue weighted by molar-refractivity contribution is -0.0646. The summed E-state index contributed by atoms with van der Waals surface area (Å²) in [6.07, 6.45) is 4.56. The van der Waals surface area contributed by atoms with Crippen molar-refractivity contribution in [2.45, 2.75) is 32.0 Å². The van der Waals surface area contributed by atoms with Gasteiger partial charge in [0.2, 0.25) is 0 Å². The van der Waals surface area contributed by atoms with Crippen LogP contribution in [0.25, 0.3) is 0 Å². The Balaban J connectivity index is 1.34. The third kappa shape index (κ3) is 7.45. The summed E-state index contributed by atoms with van der Waals surface area (Å²) in [5.41, 5.74) is 1.15. The Morgan fingerprint density at radius 3 is 2.74 bits per heavy atom. The van der Waals surface area contributed by atoms with E-state index in [-0.39, 0.29) is 13.2 Å². The molecule has 1 aromatic heterocycles. The summed E-state index contributed by atoms with van der Waals surface area (Å²) in [7, 11) is 1.64. The summed E-state index contributed by atoms with van der Waals surface area (Å²) in [5.74, 6) is 2.16. The van der Waals surface area contributed by atoms with Crippen LogP contribution in [0.1, 0.15) is 17.5 Å². The summed E-state index contributed by atoms with van der Waals surface area (Å²) < 4.78 is 25.0. The second-order valence-electron chi connectivity index (χ2n) is 9.05. The fraction of sp³-hybridized carbons (Fsp3) is 0.444. The van der Waals surface area contributed by atoms with E-state index in [2.05, 4.69) is 10.00 Å². The topological polar surface area (TPSA) is 78.2 Å². The Bertz CT molecular complexity index is 1040. The van der Waals surface area contributed by atoms with Gasteiger partial charge in [0.1, 0.15) is 18.0 Å². The molecule has 2 aromatic carbocycles. The molecule has 0 radical (unpaired) electrons. The third-order valence-corrected chi connectivity index (χ3v) is 5.95. The highest BCUT2D eigenvalue weighted by molar-refractivity contribution is 5.43. The molecule has 0 aliphatic carbocycles. The van der Waals surface area contributed by atoms with Gasteiger partial charge in [0.25, 0.3) is 0 Å². The van der Waals surface area contributed by atoms with E-state index in [4.69, 9.17) is 18.9 Å². The van der Waals surface area contributed by atoms with Crippen molar-refractivity contribution in [1.82, 2.24) is 14.7 Å². The summed E-state index contributed by atoms with van der Waals surface area (Å²) >= 11 is 0. The quantitative estimate of drug-likeness (QED) is 0.421. The minimum Gasteiger partial charge on any atom is -0.493 e. The predicted octanol–water partition coefficient (Wildman–Crippen LogP) is 3.31. The van der Waals surface area contributed by atoms with Gasteiger partial charge >= 0.3 is 0 Å². The molecule has 1 N–H and O–H groups in total. The van der Waals surface area contributed by atoms with Crippen LogP contribution in [0.3, 0.4) is 0 Å². The lowest BCUT2D eigenvalue weighted by Gasteiger charge is -2.30. The van der Waals surface area contributed by atoms with Crippen LogP contribution in [0.2, 0.25) is 0 Å². The van der Waals surface area contributed by atoms with E-state index in [9.17, 15) is 5.11 Å². The van der Waals surface area contributed by atoms with Crippen LogP contribution < -0.4 is 14.2 Å². The van der Waals surface area contributed by atoms with Crippen molar-refractivity contribution < 1.29 is 24.1 Å². The first-order valence-electron chi connectivity index (χ1n) is 12.0. The normalized spacial score (nSPS) is 18.7.